The highest BCUT2D eigenvalue weighted by molar-refractivity contribution is 5.73. The predicted octanol–water partition coefficient (Wildman–Crippen LogP) is 3.11. The van der Waals surface area contributed by atoms with Crippen molar-refractivity contribution < 1.29 is 7.27 Å². The Morgan fingerprint density at radius 3 is 2.79 bits per heavy atom. The standard InChI is InChI=1S/C9H10N2O.C2H6.2H2/c1-6-11-8-4-7(5-10)2-3-9(8)12-6;1-2;;/h2-4H,5,10H2,1H3;1-2H3;2*1H. The zero-order valence-corrected chi connectivity index (χ0v) is 8.87. The van der Waals surface area contributed by atoms with Crippen molar-refractivity contribution in [2.75, 3.05) is 0 Å². The molecule has 0 bridgehead atoms. The van der Waals surface area contributed by atoms with Crippen LogP contribution in [0.2, 0.25) is 0 Å². The van der Waals surface area contributed by atoms with Gasteiger partial charge in [-0.1, -0.05) is 19.9 Å². The fourth-order valence-corrected chi connectivity index (χ4v) is 1.22. The molecule has 3 heteroatoms. The van der Waals surface area contributed by atoms with Gasteiger partial charge in [0.05, 0.1) is 0 Å². The van der Waals surface area contributed by atoms with Crippen LogP contribution in [0.3, 0.4) is 0 Å². The lowest BCUT2D eigenvalue weighted by Crippen LogP contribution is -1.94. The first-order valence-electron chi connectivity index (χ1n) is 4.86. The van der Waals surface area contributed by atoms with Crippen molar-refractivity contribution in [3.05, 3.63) is 29.7 Å². The molecule has 0 fully saturated rings. The number of hydrogen-bond acceptors (Lipinski definition) is 3. The van der Waals surface area contributed by atoms with E-state index in [1.54, 1.807) is 0 Å². The number of nitrogens with zero attached hydrogens (tertiary/aromatic N) is 1. The van der Waals surface area contributed by atoms with E-state index in [0.717, 1.165) is 16.7 Å². The number of aryl methyl sites for hydroxylation is 1. The lowest BCUT2D eigenvalue weighted by molar-refractivity contribution is 0.561. The number of fused-ring (bicyclic) bond motifs is 1. The monoisotopic (exact) mass is 196 g/mol. The molecule has 0 aliphatic heterocycles. The molecule has 0 aliphatic carbocycles. The molecule has 2 rings (SSSR count). The first-order chi connectivity index (χ1) is 6.79. The largest absolute Gasteiger partial charge is 0.441 e. The molecular weight excluding hydrogens is 176 g/mol. The van der Waals surface area contributed by atoms with Crippen LogP contribution in [-0.4, -0.2) is 4.98 Å². The van der Waals surface area contributed by atoms with Crippen LogP contribution in [0.4, 0.5) is 0 Å². The van der Waals surface area contributed by atoms with Crippen molar-refractivity contribution in [2.24, 2.45) is 5.73 Å². The zero-order chi connectivity index (χ0) is 10.6. The second-order valence-electron chi connectivity index (χ2n) is 2.74. The van der Waals surface area contributed by atoms with Gasteiger partial charge < -0.3 is 10.2 Å². The molecule has 1 aromatic heterocycles. The zero-order valence-electron chi connectivity index (χ0n) is 8.87. The van der Waals surface area contributed by atoms with Crippen molar-refractivity contribution in [3.63, 3.8) is 0 Å². The van der Waals surface area contributed by atoms with Crippen molar-refractivity contribution >= 4 is 11.1 Å². The van der Waals surface area contributed by atoms with Crippen LogP contribution < -0.4 is 5.73 Å². The van der Waals surface area contributed by atoms with E-state index in [0.29, 0.717) is 12.4 Å². The Kier molecular flexibility index (Phi) is 3.65. The normalized spacial score (nSPS) is 9.71. The van der Waals surface area contributed by atoms with Crippen molar-refractivity contribution in [3.8, 4) is 0 Å². The summed E-state index contributed by atoms with van der Waals surface area (Å²) in [5.74, 6) is 0.694. The Morgan fingerprint density at radius 1 is 1.43 bits per heavy atom. The third-order valence-electron chi connectivity index (χ3n) is 1.79. The number of nitrogens with two attached hydrogens (primary N) is 1. The van der Waals surface area contributed by atoms with Gasteiger partial charge in [-0.15, -0.1) is 0 Å². The third kappa shape index (κ3) is 2.12. The Hall–Kier alpha value is -1.35. The summed E-state index contributed by atoms with van der Waals surface area (Å²) in [6.07, 6.45) is 0. The lowest BCUT2D eigenvalue weighted by atomic mass is 10.2. The highest BCUT2D eigenvalue weighted by Crippen LogP contribution is 2.16. The molecule has 80 valence electrons. The van der Waals surface area contributed by atoms with E-state index in [1.165, 1.54) is 0 Å². The maximum absolute atomic E-state index is 5.49. The fraction of sp³-hybridized carbons (Fsp3) is 0.364. The third-order valence-corrected chi connectivity index (χ3v) is 1.79. The van der Waals surface area contributed by atoms with Gasteiger partial charge in [0.2, 0.25) is 0 Å². The molecule has 2 N–H and O–H groups in total. The Labute approximate surface area is 86.9 Å². The van der Waals surface area contributed by atoms with Crippen LogP contribution in [0.15, 0.2) is 22.6 Å². The number of oxazole rings is 1. The molecular formula is C11H20N2O. The maximum Gasteiger partial charge on any atom is 0.192 e. The fourth-order valence-electron chi connectivity index (χ4n) is 1.22. The van der Waals surface area contributed by atoms with Gasteiger partial charge in [-0.25, -0.2) is 4.98 Å². The molecule has 14 heavy (non-hydrogen) atoms. The minimum absolute atomic E-state index is 0. The average molecular weight is 196 g/mol. The van der Waals surface area contributed by atoms with Gasteiger partial charge in [0.25, 0.3) is 0 Å². The molecule has 2 aromatic rings. The second-order valence-corrected chi connectivity index (χ2v) is 2.74. The number of benzene rings is 1. The van der Waals surface area contributed by atoms with Gasteiger partial charge in [-0.05, 0) is 17.7 Å². The summed E-state index contributed by atoms with van der Waals surface area (Å²) in [4.78, 5) is 4.20. The van der Waals surface area contributed by atoms with E-state index in [2.05, 4.69) is 4.98 Å². The smallest absolute Gasteiger partial charge is 0.192 e. The van der Waals surface area contributed by atoms with Gasteiger partial charge in [-0.2, -0.15) is 0 Å². The van der Waals surface area contributed by atoms with E-state index in [4.69, 9.17) is 10.2 Å². The average Bonchev–Trinajstić information content (AvgIpc) is 2.59. The second kappa shape index (κ2) is 4.77. The molecule has 0 amide bonds. The topological polar surface area (TPSA) is 52.0 Å². The molecule has 0 saturated heterocycles. The van der Waals surface area contributed by atoms with E-state index in [1.807, 2.05) is 39.0 Å². The lowest BCUT2D eigenvalue weighted by Gasteiger charge is -1.92. The van der Waals surface area contributed by atoms with Gasteiger partial charge >= 0.3 is 0 Å². The SMILES string of the molecule is CC.Cc1nc2cc(CN)ccc2o1.[HH].[HH]. The summed E-state index contributed by atoms with van der Waals surface area (Å²) in [7, 11) is 0. The van der Waals surface area contributed by atoms with Crippen LogP contribution in [0, 0.1) is 6.92 Å². The van der Waals surface area contributed by atoms with E-state index >= 15 is 0 Å². The summed E-state index contributed by atoms with van der Waals surface area (Å²) in [5, 5.41) is 0. The summed E-state index contributed by atoms with van der Waals surface area (Å²) in [6.45, 7) is 6.38. The van der Waals surface area contributed by atoms with Gasteiger partial charge in [-0.3, -0.25) is 0 Å². The number of hydrogen-bond donors (Lipinski definition) is 1. The first kappa shape index (κ1) is 10.7. The van der Waals surface area contributed by atoms with Crippen LogP contribution >= 0.6 is 0 Å². The first-order valence-corrected chi connectivity index (χ1v) is 4.86. The highest BCUT2D eigenvalue weighted by Gasteiger charge is 2.01. The molecule has 1 heterocycles. The minimum atomic E-state index is 0. The van der Waals surface area contributed by atoms with E-state index < -0.39 is 0 Å². The number of rotatable bonds is 1. The Bertz CT molecular complexity index is 415. The minimum Gasteiger partial charge on any atom is -0.441 e. The van der Waals surface area contributed by atoms with Gasteiger partial charge in [0.1, 0.15) is 5.52 Å². The molecule has 0 radical (unpaired) electrons. The molecule has 0 aliphatic rings. The Balaban J connectivity index is 0. The summed E-state index contributed by atoms with van der Waals surface area (Å²) >= 11 is 0. The van der Waals surface area contributed by atoms with Gasteiger partial charge in [0.15, 0.2) is 11.5 Å². The molecule has 1 aromatic carbocycles. The summed E-state index contributed by atoms with van der Waals surface area (Å²) < 4.78 is 5.32. The number of aromatic nitrogens is 1. The molecule has 0 spiro atoms. The van der Waals surface area contributed by atoms with E-state index in [-0.39, 0.29) is 2.85 Å². The maximum atomic E-state index is 5.49. The van der Waals surface area contributed by atoms with Crippen LogP contribution in [-0.2, 0) is 6.54 Å². The molecule has 0 saturated carbocycles. The molecule has 0 unspecified atom stereocenters. The molecule has 0 atom stereocenters. The van der Waals surface area contributed by atoms with Crippen molar-refractivity contribution in [1.29, 1.82) is 0 Å². The highest BCUT2D eigenvalue weighted by atomic mass is 16.3. The summed E-state index contributed by atoms with van der Waals surface area (Å²) in [5.41, 5.74) is 8.28. The van der Waals surface area contributed by atoms with Crippen molar-refractivity contribution in [1.82, 2.24) is 4.98 Å². The van der Waals surface area contributed by atoms with Crippen molar-refractivity contribution in [2.45, 2.75) is 27.3 Å². The summed E-state index contributed by atoms with van der Waals surface area (Å²) in [6, 6.07) is 5.80. The predicted molar refractivity (Wildman–Crippen MR) is 62.2 cm³/mol. The molecule has 3 nitrogen and oxygen atoms in total. The van der Waals surface area contributed by atoms with Crippen LogP contribution in [0.5, 0.6) is 0 Å². The quantitative estimate of drug-likeness (QED) is 0.762. The Morgan fingerprint density at radius 2 is 2.14 bits per heavy atom. The van der Waals surface area contributed by atoms with Crippen LogP contribution in [0.1, 0.15) is 28.2 Å². The van der Waals surface area contributed by atoms with Crippen LogP contribution in [0.25, 0.3) is 11.1 Å². The van der Waals surface area contributed by atoms with E-state index in [9.17, 15) is 0 Å². The van der Waals surface area contributed by atoms with Gasteiger partial charge in [0, 0.05) is 16.3 Å².